The van der Waals surface area contributed by atoms with Crippen LogP contribution in [0.5, 0.6) is 0 Å². The van der Waals surface area contributed by atoms with Gasteiger partial charge < -0.3 is 0 Å². The van der Waals surface area contributed by atoms with E-state index in [1.165, 1.54) is 5.19 Å². The molecule has 0 aliphatic rings. The van der Waals surface area contributed by atoms with E-state index in [4.69, 9.17) is 9.69 Å². The van der Waals surface area contributed by atoms with Crippen LogP contribution in [0.25, 0.3) is 0 Å². The molecular formula is C8H11ClSiZn. The molecule has 0 nitrogen and oxygen atoms in total. The Kier molecular flexibility index (Phi) is 7.25. The molecule has 0 aliphatic carbocycles. The van der Waals surface area contributed by atoms with Crippen LogP contribution in [0.1, 0.15) is 0 Å². The number of halogens is 1. The number of rotatable bonds is 1. The molecular weight excluding hydrogens is 225 g/mol. The predicted molar refractivity (Wildman–Crippen MR) is 49.4 cm³/mol. The number of benzene rings is 1. The second-order valence-electron chi connectivity index (χ2n) is 2.37. The van der Waals surface area contributed by atoms with Crippen LogP contribution in [-0.4, -0.2) is 8.80 Å². The van der Waals surface area contributed by atoms with Crippen LogP contribution < -0.4 is 5.19 Å². The maximum atomic E-state index is 4.76. The van der Waals surface area contributed by atoms with Crippen molar-refractivity contribution in [3.63, 3.8) is 0 Å². The van der Waals surface area contributed by atoms with Gasteiger partial charge in [-0.25, -0.2) is 0 Å². The second kappa shape index (κ2) is 7.02. The summed E-state index contributed by atoms with van der Waals surface area (Å²) in [5.41, 5.74) is 0. The van der Waals surface area contributed by atoms with Gasteiger partial charge in [-0.1, -0.05) is 30.3 Å². The zero-order chi connectivity index (χ0) is 8.69. The molecule has 1 aromatic rings. The summed E-state index contributed by atoms with van der Waals surface area (Å²) in [5.74, 6) is 0. The molecule has 0 bridgehead atoms. The van der Waals surface area contributed by atoms with Crippen molar-refractivity contribution >= 4 is 23.7 Å². The molecule has 11 heavy (non-hydrogen) atoms. The number of hydrogen-bond acceptors (Lipinski definition) is 0. The van der Waals surface area contributed by atoms with Gasteiger partial charge >= 0.3 is 27.0 Å². The van der Waals surface area contributed by atoms with Gasteiger partial charge in [0.2, 0.25) is 0 Å². The normalized spacial score (nSPS) is 8.09. The first kappa shape index (κ1) is 11.4. The van der Waals surface area contributed by atoms with E-state index in [9.17, 15) is 0 Å². The van der Waals surface area contributed by atoms with E-state index in [1.807, 2.05) is 0 Å². The summed E-state index contributed by atoms with van der Waals surface area (Å²) < 4.78 is 0. The summed E-state index contributed by atoms with van der Waals surface area (Å²) in [4.78, 5) is 0. The molecule has 0 spiro atoms. The van der Waals surface area contributed by atoms with Gasteiger partial charge in [-0.3, -0.25) is 8.80 Å². The summed E-state index contributed by atoms with van der Waals surface area (Å²) in [7, 11) is 4.55. The van der Waals surface area contributed by atoms with Crippen molar-refractivity contribution < 1.29 is 17.3 Å². The summed E-state index contributed by atoms with van der Waals surface area (Å²) in [6, 6.07) is 10.7. The fourth-order valence-corrected chi connectivity index (χ4v) is 1.63. The third-order valence-corrected chi connectivity index (χ3v) is 2.84. The van der Waals surface area contributed by atoms with Gasteiger partial charge in [-0.2, -0.15) is 18.3 Å². The van der Waals surface area contributed by atoms with Crippen LogP contribution in [0.15, 0.2) is 30.3 Å². The van der Waals surface area contributed by atoms with Crippen LogP contribution >= 0.6 is 9.69 Å². The van der Waals surface area contributed by atoms with Crippen LogP contribution in [0, 0.1) is 0 Å². The maximum absolute atomic E-state index is 4.76. The van der Waals surface area contributed by atoms with Gasteiger partial charge in [0.1, 0.15) is 0 Å². The van der Waals surface area contributed by atoms with E-state index in [-0.39, 0.29) is 8.80 Å². The molecule has 0 fully saturated rings. The Hall–Kier alpha value is 0.350. The van der Waals surface area contributed by atoms with Gasteiger partial charge in [0, 0.05) is 0 Å². The third-order valence-electron chi connectivity index (χ3n) is 1.35. The van der Waals surface area contributed by atoms with Crippen molar-refractivity contribution in [2.75, 3.05) is 0 Å². The first-order valence-electron chi connectivity index (χ1n) is 3.43. The van der Waals surface area contributed by atoms with Crippen molar-refractivity contribution in [2.45, 2.75) is 13.1 Å². The molecule has 56 valence electrons. The summed E-state index contributed by atoms with van der Waals surface area (Å²) in [6.45, 7) is 4.61. The van der Waals surface area contributed by atoms with E-state index in [0.29, 0.717) is 0 Å². The van der Waals surface area contributed by atoms with Gasteiger partial charge in [-0.15, -0.1) is 0 Å². The monoisotopic (exact) mass is 234 g/mol. The van der Waals surface area contributed by atoms with Crippen LogP contribution in [0.3, 0.4) is 0 Å². The van der Waals surface area contributed by atoms with Crippen molar-refractivity contribution in [1.29, 1.82) is 0 Å². The second-order valence-corrected chi connectivity index (χ2v) is 4.94. The molecule has 0 N–H and O–H groups in total. The molecule has 1 rings (SSSR count). The Labute approximate surface area is 84.3 Å². The summed E-state index contributed by atoms with van der Waals surface area (Å²) in [5, 5.41) is 1.52. The molecule has 1 aromatic carbocycles. The first-order chi connectivity index (χ1) is 5.30. The van der Waals surface area contributed by atoms with Crippen molar-refractivity contribution in [1.82, 2.24) is 0 Å². The molecule has 0 amide bonds. The predicted octanol–water partition coefficient (Wildman–Crippen LogP) is 2.33. The van der Waals surface area contributed by atoms with Gasteiger partial charge in [0.15, 0.2) is 0 Å². The molecule has 0 heterocycles. The van der Waals surface area contributed by atoms with Crippen LogP contribution in [0.2, 0.25) is 13.1 Å². The fourth-order valence-electron chi connectivity index (χ4n) is 0.771. The van der Waals surface area contributed by atoms with Crippen molar-refractivity contribution in [2.24, 2.45) is 0 Å². The zero-order valence-corrected chi connectivity index (χ0v) is 11.7. The summed E-state index contributed by atoms with van der Waals surface area (Å²) in [6.07, 6.45) is 0. The number of hydrogen-bond donors (Lipinski definition) is 0. The van der Waals surface area contributed by atoms with E-state index in [0.717, 1.165) is 17.3 Å². The SMILES string of the molecule is C[Si-](C)c1ccccc1.[Cl][Zn+]. The minimum absolute atomic E-state index is 0.212. The first-order valence-corrected chi connectivity index (χ1v) is 9.83. The Morgan fingerprint density at radius 1 is 1.09 bits per heavy atom. The molecule has 3 heteroatoms. The molecule has 0 saturated heterocycles. The average Bonchev–Trinajstić information content (AvgIpc) is 2.10. The van der Waals surface area contributed by atoms with Gasteiger partial charge in [-0.05, 0) is 0 Å². The Balaban J connectivity index is 0.000000461. The molecule has 0 unspecified atom stereocenters. The topological polar surface area (TPSA) is 0 Å². The molecule has 0 radical (unpaired) electrons. The Morgan fingerprint density at radius 3 is 1.82 bits per heavy atom. The quantitative estimate of drug-likeness (QED) is 0.656. The van der Waals surface area contributed by atoms with E-state index in [2.05, 4.69) is 43.4 Å². The van der Waals surface area contributed by atoms with Crippen molar-refractivity contribution in [3.8, 4) is 0 Å². The van der Waals surface area contributed by atoms with Crippen LogP contribution in [-0.2, 0) is 17.3 Å². The molecule has 0 saturated carbocycles. The van der Waals surface area contributed by atoms with E-state index in [1.54, 1.807) is 0 Å². The molecule has 0 aliphatic heterocycles. The average molecular weight is 236 g/mol. The van der Waals surface area contributed by atoms with Gasteiger partial charge in [0.25, 0.3) is 0 Å². The zero-order valence-electron chi connectivity index (χ0n) is 6.97. The minimum atomic E-state index is -0.212. The Bertz CT molecular complexity index is 177. The third kappa shape index (κ3) is 4.73. The van der Waals surface area contributed by atoms with Crippen molar-refractivity contribution in [3.05, 3.63) is 30.3 Å². The van der Waals surface area contributed by atoms with E-state index >= 15 is 0 Å². The van der Waals surface area contributed by atoms with Gasteiger partial charge in [0.05, 0.1) is 0 Å². The molecule has 0 aromatic heterocycles. The van der Waals surface area contributed by atoms with E-state index < -0.39 is 0 Å². The van der Waals surface area contributed by atoms with Crippen LogP contribution in [0.4, 0.5) is 0 Å². The Morgan fingerprint density at radius 2 is 1.55 bits per heavy atom. The fraction of sp³-hybridized carbons (Fsp3) is 0.250. The molecule has 0 atom stereocenters. The summed E-state index contributed by atoms with van der Waals surface area (Å²) >= 11 is 0.847. The standard InChI is InChI=1S/C8H11Si.ClH.Zn/c1-9(2)8-6-4-3-5-7-8;;/h3-7H,1-2H3;1H;/q-1;;+2/p-1.